The number of rotatable bonds is 8. The van der Waals surface area contributed by atoms with Gasteiger partial charge in [-0.15, -0.1) is 0 Å². The molecule has 53 heavy (non-hydrogen) atoms. The number of esters is 1. The summed E-state index contributed by atoms with van der Waals surface area (Å²) in [6.07, 6.45) is 12.4. The average Bonchev–Trinajstić information content (AvgIpc) is 3.19. The smallest absolute Gasteiger partial charge is 0.333 e. The summed E-state index contributed by atoms with van der Waals surface area (Å²) in [5, 5.41) is 22.8. The summed E-state index contributed by atoms with van der Waals surface area (Å²) in [5.74, 6) is -1.59. The predicted octanol–water partition coefficient (Wildman–Crippen LogP) is 7.84. The van der Waals surface area contributed by atoms with Crippen molar-refractivity contribution in [3.05, 3.63) is 63.3 Å². The fourth-order valence-electron chi connectivity index (χ4n) is 9.23. The number of nitrogens with two attached hydrogens (primary N) is 1. The third-order valence-electron chi connectivity index (χ3n) is 11.8. The van der Waals surface area contributed by atoms with E-state index >= 15 is 0 Å². The zero-order valence-corrected chi connectivity index (χ0v) is 32.7. The molecule has 0 radical (unpaired) electrons. The lowest BCUT2D eigenvalue weighted by Crippen LogP contribution is -2.68. The minimum Gasteiger partial charge on any atom is -0.506 e. The third kappa shape index (κ3) is 5.83. The Morgan fingerprint density at radius 2 is 1.81 bits per heavy atom. The number of nitrogens with zero attached hydrogens (tertiary/aromatic N) is 2. The molecule has 6 rings (SSSR count). The Bertz CT molecular complexity index is 2000. The molecule has 2 bridgehead atoms. The van der Waals surface area contributed by atoms with Crippen LogP contribution in [-0.2, 0) is 25.5 Å². The number of ether oxygens (including phenoxy) is 4. The standard InChI is InChI=1S/C43H53N3O7/c1-23(2)12-11-19-41(9)20-18-27-35(48)32-34-33(26(6)29(22-44)38(45)46-34)43(52-37(32)28(36(27)51-41)14-13-24(3)4)30-15-16-31(47)42(43,53-40(30,7)8)21-17-25(5)39(49)50-10/h12-13,17-18,20,26,29-30,48H,11,14-16,19,21H2,1-10H3,(H2,45,46). The second-order valence-electron chi connectivity index (χ2n) is 16.5. The van der Waals surface area contributed by atoms with Gasteiger partial charge >= 0.3 is 5.97 Å². The number of phenols is 1. The molecule has 1 aromatic carbocycles. The van der Waals surface area contributed by atoms with Crippen molar-refractivity contribution < 1.29 is 33.6 Å². The largest absolute Gasteiger partial charge is 0.506 e. The Morgan fingerprint density at radius 3 is 2.45 bits per heavy atom. The van der Waals surface area contributed by atoms with E-state index in [1.165, 1.54) is 12.7 Å². The normalized spacial score (nSPS) is 30.6. The molecular weight excluding hydrogens is 670 g/mol. The summed E-state index contributed by atoms with van der Waals surface area (Å²) in [7, 11) is 1.31. The molecule has 1 aromatic rings. The molecule has 6 atom stereocenters. The van der Waals surface area contributed by atoms with Crippen molar-refractivity contribution in [1.82, 2.24) is 0 Å². The Kier molecular flexibility index (Phi) is 9.60. The van der Waals surface area contributed by atoms with Gasteiger partial charge in [-0.3, -0.25) is 4.79 Å². The average molecular weight is 724 g/mol. The summed E-state index contributed by atoms with van der Waals surface area (Å²) in [6, 6.07) is 2.34. The van der Waals surface area contributed by atoms with E-state index in [-0.39, 0.29) is 30.2 Å². The lowest BCUT2D eigenvalue weighted by Gasteiger charge is -2.54. The molecule has 10 heteroatoms. The molecule has 4 heterocycles. The maximum atomic E-state index is 14.7. The monoisotopic (exact) mass is 723 g/mol. The van der Waals surface area contributed by atoms with Crippen molar-refractivity contribution in [2.45, 2.75) is 123 Å². The van der Waals surface area contributed by atoms with Crippen LogP contribution in [0.25, 0.3) is 11.8 Å². The van der Waals surface area contributed by atoms with E-state index < -0.39 is 46.1 Å². The number of hydrogen-bond acceptors (Lipinski definition) is 10. The van der Waals surface area contributed by atoms with Crippen LogP contribution in [0.3, 0.4) is 0 Å². The molecule has 1 spiro atoms. The molecule has 10 nitrogen and oxygen atoms in total. The second-order valence-corrected chi connectivity index (χ2v) is 16.5. The second kappa shape index (κ2) is 13.3. The van der Waals surface area contributed by atoms with Crippen LogP contribution >= 0.6 is 0 Å². The van der Waals surface area contributed by atoms with E-state index in [0.29, 0.717) is 64.3 Å². The number of amidine groups is 1. The van der Waals surface area contributed by atoms with E-state index in [4.69, 9.17) is 29.7 Å². The van der Waals surface area contributed by atoms with Crippen molar-refractivity contribution in [2.75, 3.05) is 7.11 Å². The van der Waals surface area contributed by atoms with Crippen LogP contribution in [0.4, 0.5) is 0 Å². The molecular formula is C43H53N3O7. The van der Waals surface area contributed by atoms with E-state index in [9.17, 15) is 20.0 Å². The molecule has 6 unspecified atom stereocenters. The van der Waals surface area contributed by atoms with E-state index in [0.717, 1.165) is 12.0 Å². The molecule has 3 N–H and O–H groups in total. The van der Waals surface area contributed by atoms with Crippen molar-refractivity contribution >= 4 is 29.4 Å². The Morgan fingerprint density at radius 1 is 1.11 bits per heavy atom. The van der Waals surface area contributed by atoms with Gasteiger partial charge in [0.1, 0.15) is 34.6 Å². The highest BCUT2D eigenvalue weighted by Gasteiger charge is 2.78. The van der Waals surface area contributed by atoms with Crippen LogP contribution in [0.1, 0.15) is 111 Å². The first-order valence-electron chi connectivity index (χ1n) is 18.6. The molecule has 4 aliphatic heterocycles. The minimum atomic E-state index is -1.62. The number of carbonyl (C=O) groups is 2. The summed E-state index contributed by atoms with van der Waals surface area (Å²) < 4.78 is 26.5. The van der Waals surface area contributed by atoms with Crippen molar-refractivity contribution in [1.29, 1.82) is 5.26 Å². The maximum Gasteiger partial charge on any atom is 0.333 e. The van der Waals surface area contributed by atoms with Crippen LogP contribution in [-0.4, -0.2) is 52.2 Å². The van der Waals surface area contributed by atoms with Crippen LogP contribution in [0.5, 0.6) is 17.2 Å². The number of Topliss-reactive ketones (excluding diaryl/α,β-unsaturated/α-hetero) is 1. The highest BCUT2D eigenvalue weighted by Crippen LogP contribution is 2.68. The van der Waals surface area contributed by atoms with Gasteiger partial charge in [0.2, 0.25) is 0 Å². The van der Waals surface area contributed by atoms with Gasteiger partial charge in [0.15, 0.2) is 17.0 Å². The summed E-state index contributed by atoms with van der Waals surface area (Å²) >= 11 is 0. The van der Waals surface area contributed by atoms with Crippen LogP contribution in [0.2, 0.25) is 0 Å². The van der Waals surface area contributed by atoms with Crippen molar-refractivity contribution in [3.8, 4) is 23.3 Å². The van der Waals surface area contributed by atoms with Crippen LogP contribution < -0.4 is 15.2 Å². The van der Waals surface area contributed by atoms with E-state index in [1.54, 1.807) is 13.0 Å². The predicted molar refractivity (Wildman–Crippen MR) is 204 cm³/mol. The number of aromatic hydroxyl groups is 1. The number of methoxy groups -OCH3 is 1. The fourth-order valence-corrected chi connectivity index (χ4v) is 9.23. The highest BCUT2D eigenvalue weighted by molar-refractivity contribution is 6.01. The zero-order valence-electron chi connectivity index (χ0n) is 32.7. The first kappa shape index (κ1) is 38.1. The van der Waals surface area contributed by atoms with Gasteiger partial charge in [-0.1, -0.05) is 36.3 Å². The van der Waals surface area contributed by atoms with Crippen LogP contribution in [0, 0.1) is 29.1 Å². The molecule has 1 saturated heterocycles. The summed E-state index contributed by atoms with van der Waals surface area (Å²) in [5.41, 5.74) is 7.06. The number of fused-ring (bicyclic) bond motifs is 3. The number of phenolic OH excluding ortho intramolecular Hbond substituents is 1. The summed E-state index contributed by atoms with van der Waals surface area (Å²) in [4.78, 5) is 32.3. The maximum absolute atomic E-state index is 14.7. The summed E-state index contributed by atoms with van der Waals surface area (Å²) in [6.45, 7) is 17.7. The number of ketones is 1. The first-order valence-corrected chi connectivity index (χ1v) is 18.6. The van der Waals surface area contributed by atoms with Gasteiger partial charge in [0, 0.05) is 41.4 Å². The van der Waals surface area contributed by atoms with E-state index in [2.05, 4.69) is 32.1 Å². The number of hydrogen-bond donors (Lipinski definition) is 2. The lowest BCUT2D eigenvalue weighted by atomic mass is 9.55. The lowest BCUT2D eigenvalue weighted by molar-refractivity contribution is -0.167. The number of allylic oxidation sites excluding steroid dienone is 4. The Labute approximate surface area is 313 Å². The molecule has 1 saturated carbocycles. The van der Waals surface area contributed by atoms with Crippen LogP contribution in [0.15, 0.2) is 51.6 Å². The molecule has 0 amide bonds. The Balaban J connectivity index is 1.71. The van der Waals surface area contributed by atoms with Gasteiger partial charge in [-0.05, 0) is 93.2 Å². The Hall–Kier alpha value is -4.62. The van der Waals surface area contributed by atoms with Gasteiger partial charge in [0.05, 0.1) is 35.6 Å². The SMILES string of the molecule is COC(=O)C(C)=CCC12OC(C)(C)C(CCC1=O)C21Oc2c(CC=C(C)C)c3c(c(O)c2C2=C1C(C)C(C#N)C(N)=N2)C=CC(C)(CCC=C(C)C)O3. The van der Waals surface area contributed by atoms with Crippen molar-refractivity contribution in [3.63, 3.8) is 0 Å². The molecule has 2 fully saturated rings. The van der Waals surface area contributed by atoms with Gasteiger partial charge < -0.3 is 29.8 Å². The quantitative estimate of drug-likeness (QED) is 0.155. The van der Waals surface area contributed by atoms with Crippen molar-refractivity contribution in [2.24, 2.45) is 28.5 Å². The molecule has 5 aliphatic rings. The minimum absolute atomic E-state index is 0.00382. The van der Waals surface area contributed by atoms with Gasteiger partial charge in [0.25, 0.3) is 0 Å². The molecule has 1 aliphatic carbocycles. The fraction of sp³-hybridized carbons (Fsp3) is 0.535. The van der Waals surface area contributed by atoms with Gasteiger partial charge in [-0.25, -0.2) is 9.79 Å². The topological polar surface area (TPSA) is 153 Å². The number of benzene rings is 1. The first-order chi connectivity index (χ1) is 24.9. The number of nitriles is 1. The molecule has 0 aromatic heterocycles. The van der Waals surface area contributed by atoms with E-state index in [1.807, 2.05) is 53.7 Å². The molecule has 282 valence electrons. The number of aliphatic imine (C=N–C) groups is 1. The third-order valence-corrected chi connectivity index (χ3v) is 11.8. The zero-order chi connectivity index (χ0) is 38.8. The highest BCUT2D eigenvalue weighted by atomic mass is 16.6. The van der Waals surface area contributed by atoms with Gasteiger partial charge in [-0.2, -0.15) is 5.26 Å². The number of carbonyl (C=O) groups excluding carboxylic acids is 2.